The number of anilines is 2. The molecule has 5 aromatic rings. The lowest BCUT2D eigenvalue weighted by atomic mass is 10.0. The van der Waals surface area contributed by atoms with E-state index in [1.807, 2.05) is 6.07 Å². The molecule has 3 heterocycles. The fraction of sp³-hybridized carbons (Fsp3) is 0.219. The molecule has 2 amide bonds. The molecule has 12 heteroatoms. The Morgan fingerprint density at radius 2 is 1.70 bits per heavy atom. The van der Waals surface area contributed by atoms with Crippen molar-refractivity contribution < 1.29 is 33.3 Å². The van der Waals surface area contributed by atoms with Gasteiger partial charge < -0.3 is 33.6 Å². The Labute approximate surface area is 250 Å². The number of carbonyl (C=O) groups excluding carboxylic acids is 3. The van der Waals surface area contributed by atoms with Crippen molar-refractivity contribution in [3.8, 4) is 23.0 Å². The van der Waals surface area contributed by atoms with Gasteiger partial charge in [-0.3, -0.25) is 19.5 Å². The van der Waals surface area contributed by atoms with Crippen molar-refractivity contribution in [2.24, 2.45) is 7.05 Å². The number of benzene rings is 3. The fourth-order valence-corrected chi connectivity index (χ4v) is 5.24. The third kappa shape index (κ3) is 5.00. The smallest absolute Gasteiger partial charge is 0.419 e. The second-order valence-corrected chi connectivity index (χ2v) is 10.4. The number of fused-ring (bicyclic) bond motifs is 6. The third-order valence-electron chi connectivity index (χ3n) is 7.51. The molecule has 12 nitrogen and oxygen atoms in total. The first kappa shape index (κ1) is 28.5. The molecule has 0 atom stereocenters. The summed E-state index contributed by atoms with van der Waals surface area (Å²) in [5.41, 5.74) is 1.72. The minimum atomic E-state index is -0.783. The summed E-state index contributed by atoms with van der Waals surface area (Å²) in [4.78, 5) is 56.5. The van der Waals surface area contributed by atoms with Gasteiger partial charge >= 0.3 is 6.09 Å². The summed E-state index contributed by atoms with van der Waals surface area (Å²) in [5, 5.41) is 5.01. The Hall–Kier alpha value is -5.65. The molecule has 0 aliphatic carbocycles. The van der Waals surface area contributed by atoms with E-state index in [9.17, 15) is 19.2 Å². The van der Waals surface area contributed by atoms with Crippen molar-refractivity contribution >= 4 is 61.7 Å². The molecule has 1 aliphatic heterocycles. The summed E-state index contributed by atoms with van der Waals surface area (Å²) < 4.78 is 23.9. The van der Waals surface area contributed by atoms with Crippen molar-refractivity contribution in [2.45, 2.75) is 19.8 Å². The molecule has 2 aromatic heterocycles. The maximum absolute atomic E-state index is 13.7. The van der Waals surface area contributed by atoms with Crippen LogP contribution in [0.4, 0.5) is 16.2 Å². The molecule has 0 bridgehead atoms. The van der Waals surface area contributed by atoms with Gasteiger partial charge in [0.15, 0.2) is 23.0 Å². The summed E-state index contributed by atoms with van der Waals surface area (Å²) >= 11 is 0. The van der Waals surface area contributed by atoms with E-state index in [1.165, 1.54) is 36.6 Å². The number of aryl methyl sites for hydroxylation is 1. The lowest BCUT2D eigenvalue weighted by Crippen LogP contribution is -2.30. The van der Waals surface area contributed by atoms with E-state index in [0.717, 1.165) is 5.39 Å². The van der Waals surface area contributed by atoms with Crippen LogP contribution >= 0.6 is 0 Å². The van der Waals surface area contributed by atoms with Gasteiger partial charge in [0.25, 0.3) is 5.56 Å². The zero-order valence-electron chi connectivity index (χ0n) is 24.4. The van der Waals surface area contributed by atoms with Crippen LogP contribution in [0, 0.1) is 0 Å². The summed E-state index contributed by atoms with van der Waals surface area (Å²) in [5.74, 6) is 0.963. The van der Waals surface area contributed by atoms with Crippen molar-refractivity contribution in [1.29, 1.82) is 0 Å². The summed E-state index contributed by atoms with van der Waals surface area (Å²) in [6, 6.07) is 13.4. The average molecular weight is 597 g/mol. The van der Waals surface area contributed by atoms with Crippen LogP contribution in [0.3, 0.4) is 0 Å². The number of hydrogen-bond acceptors (Lipinski definition) is 9. The first-order chi connectivity index (χ1) is 21.2. The minimum Gasteiger partial charge on any atom is -0.493 e. The van der Waals surface area contributed by atoms with Gasteiger partial charge in [-0.05, 0) is 37.3 Å². The zero-order chi connectivity index (χ0) is 31.1. The second-order valence-electron chi connectivity index (χ2n) is 10.4. The van der Waals surface area contributed by atoms with Gasteiger partial charge in [0, 0.05) is 55.4 Å². The number of hydrogen-bond donors (Lipinski definition) is 1. The zero-order valence-corrected chi connectivity index (χ0v) is 24.4. The molecule has 0 spiro atoms. The Bertz CT molecular complexity index is 2070. The van der Waals surface area contributed by atoms with Gasteiger partial charge in [0.1, 0.15) is 5.78 Å². The second kappa shape index (κ2) is 11.2. The molecule has 3 aromatic carbocycles. The highest BCUT2D eigenvalue weighted by Gasteiger charge is 2.23. The van der Waals surface area contributed by atoms with Crippen LogP contribution in [-0.2, 0) is 16.6 Å². The molecule has 1 N–H and O–H groups in total. The van der Waals surface area contributed by atoms with Crippen molar-refractivity contribution in [3.63, 3.8) is 0 Å². The molecule has 224 valence electrons. The van der Waals surface area contributed by atoms with E-state index in [2.05, 4.69) is 10.3 Å². The molecule has 0 saturated heterocycles. The molecule has 0 saturated carbocycles. The monoisotopic (exact) mass is 596 g/mol. The van der Waals surface area contributed by atoms with E-state index < -0.39 is 6.09 Å². The Morgan fingerprint density at radius 3 is 2.45 bits per heavy atom. The van der Waals surface area contributed by atoms with Crippen LogP contribution in [0.2, 0.25) is 0 Å². The number of ketones is 1. The minimum absolute atomic E-state index is 0.0193. The summed E-state index contributed by atoms with van der Waals surface area (Å²) in [6.07, 6.45) is 1.03. The number of pyridine rings is 2. The quantitative estimate of drug-likeness (QED) is 0.260. The predicted molar refractivity (Wildman–Crippen MR) is 164 cm³/mol. The highest BCUT2D eigenvalue weighted by molar-refractivity contribution is 6.15. The number of amides is 2. The number of para-hydroxylation sites is 2. The van der Waals surface area contributed by atoms with Gasteiger partial charge in [0.2, 0.25) is 12.7 Å². The van der Waals surface area contributed by atoms with Gasteiger partial charge in [-0.2, -0.15) is 0 Å². The summed E-state index contributed by atoms with van der Waals surface area (Å²) in [6.45, 7) is 1.53. The van der Waals surface area contributed by atoms with Crippen LogP contribution in [0.25, 0.3) is 32.6 Å². The highest BCUT2D eigenvalue weighted by atomic mass is 16.7. The van der Waals surface area contributed by atoms with E-state index in [0.29, 0.717) is 50.1 Å². The number of rotatable bonds is 7. The van der Waals surface area contributed by atoms with Gasteiger partial charge in [-0.15, -0.1) is 0 Å². The van der Waals surface area contributed by atoms with Crippen LogP contribution in [0.1, 0.15) is 19.8 Å². The van der Waals surface area contributed by atoms with Crippen LogP contribution in [0.15, 0.2) is 59.5 Å². The van der Waals surface area contributed by atoms with Gasteiger partial charge in [0.05, 0.1) is 34.9 Å². The van der Waals surface area contributed by atoms with Crippen LogP contribution in [-0.4, -0.2) is 48.3 Å². The number of aromatic nitrogens is 2. The SMILES string of the molecule is COc1cc2c(cc1OC(=O)N(C)c1ccccc1NC(=O)CCC(C)=O)c(=O)n(C)c1c3cc4c(cc3ncc21)OCO4. The standard InChI is InChI=1S/C32H28N4O8/c1-17(37)9-10-29(38)34-22-7-5-6-8-24(22)35(2)32(40)44-28-12-19-18(11-25(28)41-4)21-15-33-23-14-27-26(42-16-43-27)13-20(23)30(21)36(3)31(19)39/h5-8,11-15H,9-10,16H2,1-4H3,(H,34,38). The van der Waals surface area contributed by atoms with Crippen LogP contribution < -0.4 is 34.7 Å². The Balaban J connectivity index is 1.37. The van der Waals surface area contributed by atoms with Gasteiger partial charge in [-0.1, -0.05) is 12.1 Å². The average Bonchev–Trinajstić information content (AvgIpc) is 3.48. The Morgan fingerprint density at radius 1 is 0.977 bits per heavy atom. The van der Waals surface area contributed by atoms with E-state index >= 15 is 0 Å². The van der Waals surface area contributed by atoms with E-state index in [4.69, 9.17) is 18.9 Å². The van der Waals surface area contributed by atoms with Crippen LogP contribution in [0.5, 0.6) is 23.0 Å². The number of nitrogens with one attached hydrogen (secondary N) is 1. The topological polar surface area (TPSA) is 138 Å². The molecule has 0 radical (unpaired) electrons. The lowest BCUT2D eigenvalue weighted by Gasteiger charge is -2.21. The van der Waals surface area contributed by atoms with Gasteiger partial charge in [-0.25, -0.2) is 4.79 Å². The number of ether oxygens (including phenoxy) is 4. The first-order valence-electron chi connectivity index (χ1n) is 13.7. The normalized spacial score (nSPS) is 12.0. The van der Waals surface area contributed by atoms with Crippen molar-refractivity contribution in [1.82, 2.24) is 9.55 Å². The molecular weight excluding hydrogens is 568 g/mol. The summed E-state index contributed by atoms with van der Waals surface area (Å²) in [7, 11) is 4.59. The first-order valence-corrected chi connectivity index (χ1v) is 13.7. The van der Waals surface area contributed by atoms with E-state index in [1.54, 1.807) is 49.6 Å². The van der Waals surface area contributed by atoms with E-state index in [-0.39, 0.29) is 48.4 Å². The maximum Gasteiger partial charge on any atom is 0.419 e. The number of nitrogens with zero attached hydrogens (tertiary/aromatic N) is 3. The van der Waals surface area contributed by atoms with Crippen molar-refractivity contribution in [2.75, 3.05) is 31.2 Å². The molecule has 0 unspecified atom stereocenters. The maximum atomic E-state index is 13.7. The number of methoxy groups -OCH3 is 1. The lowest BCUT2D eigenvalue weighted by molar-refractivity contribution is -0.121. The number of Topliss-reactive ketones (excluding diaryl/α,β-unsaturated/α-hetero) is 1. The largest absolute Gasteiger partial charge is 0.493 e. The fourth-order valence-electron chi connectivity index (χ4n) is 5.24. The predicted octanol–water partition coefficient (Wildman–Crippen LogP) is 4.92. The molecular formula is C32H28N4O8. The molecule has 6 rings (SSSR count). The Kier molecular flexibility index (Phi) is 7.25. The molecule has 1 aliphatic rings. The third-order valence-corrected chi connectivity index (χ3v) is 7.51. The molecule has 0 fully saturated rings. The molecule has 44 heavy (non-hydrogen) atoms. The number of carbonyl (C=O) groups is 3. The highest BCUT2D eigenvalue weighted by Crippen LogP contribution is 2.40. The van der Waals surface area contributed by atoms with Crippen molar-refractivity contribution in [3.05, 3.63) is 65.1 Å².